The third-order valence-electron chi connectivity index (χ3n) is 12.2. The standard InChI is InChI=1S/C47H48N10O8S/c48-43-41-42(30-13-15-33(16-14-30)65-32-8-2-1-3-9-32)52-57(44(41)50-29-49-43)31-7-5-20-55(27-31)38(59)12-6-19-53-21-23-54(24-22-53)39(60)28-64-25-26-66-36-11-4-10-34-40(36)47(63)56(46(34)62)35-17-18-37(58)51-45(35)61/h1-4,6,8-16,29,31,35H,5,7,17-28H2,(H2,48,49,50)(H,51,58,61)/b12-6+/t31-,35?/m1/s1. The minimum Gasteiger partial charge on any atom is -0.457 e. The highest BCUT2D eigenvalue weighted by atomic mass is 32.2. The van der Waals surface area contributed by atoms with Crippen LogP contribution in [0.4, 0.5) is 5.82 Å². The summed E-state index contributed by atoms with van der Waals surface area (Å²) >= 11 is 1.33. The van der Waals surface area contributed by atoms with Crippen molar-refractivity contribution in [3.8, 4) is 22.8 Å². The lowest BCUT2D eigenvalue weighted by Crippen LogP contribution is -2.54. The van der Waals surface area contributed by atoms with Crippen LogP contribution in [0.15, 0.2) is 96.2 Å². The highest BCUT2D eigenvalue weighted by Crippen LogP contribution is 2.36. The van der Waals surface area contributed by atoms with Gasteiger partial charge in [-0.1, -0.05) is 30.3 Å². The normalized spacial score (nSPS) is 19.2. The first-order chi connectivity index (χ1) is 32.1. The zero-order chi connectivity index (χ0) is 45.7. The molecule has 0 saturated carbocycles. The molecule has 18 nitrogen and oxygen atoms in total. The highest BCUT2D eigenvalue weighted by molar-refractivity contribution is 7.99. The minimum absolute atomic E-state index is 0.0472. The van der Waals surface area contributed by atoms with Gasteiger partial charge in [-0.2, -0.15) is 5.10 Å². The Labute approximate surface area is 384 Å². The number of nitrogens with zero attached hydrogens (tertiary/aromatic N) is 8. The lowest BCUT2D eigenvalue weighted by molar-refractivity contribution is -0.138. The number of nitrogens with two attached hydrogens (primary N) is 1. The molecule has 1 unspecified atom stereocenters. The van der Waals surface area contributed by atoms with E-state index in [0.717, 1.165) is 29.1 Å². The number of ether oxygens (including phenoxy) is 2. The Bertz CT molecular complexity index is 2700. The van der Waals surface area contributed by atoms with Crippen molar-refractivity contribution in [3.05, 3.63) is 102 Å². The summed E-state index contributed by atoms with van der Waals surface area (Å²) < 4.78 is 13.6. The topological polar surface area (TPSA) is 215 Å². The summed E-state index contributed by atoms with van der Waals surface area (Å²) in [6, 6.07) is 21.0. The van der Waals surface area contributed by atoms with Crippen molar-refractivity contribution in [1.82, 2.24) is 44.7 Å². The van der Waals surface area contributed by atoms with E-state index in [0.29, 0.717) is 84.8 Å². The van der Waals surface area contributed by atoms with E-state index in [-0.39, 0.29) is 55.0 Å². The van der Waals surface area contributed by atoms with Crippen molar-refractivity contribution in [2.75, 3.05) is 70.5 Å². The Kier molecular flexibility index (Phi) is 13.2. The van der Waals surface area contributed by atoms with Crippen LogP contribution in [0.25, 0.3) is 22.3 Å². The van der Waals surface area contributed by atoms with E-state index < -0.39 is 29.7 Å². The molecule has 6 heterocycles. The van der Waals surface area contributed by atoms with Crippen LogP contribution in [-0.4, -0.2) is 146 Å². The van der Waals surface area contributed by atoms with E-state index in [1.807, 2.05) is 70.3 Å². The van der Waals surface area contributed by atoms with E-state index in [9.17, 15) is 28.8 Å². The summed E-state index contributed by atoms with van der Waals surface area (Å²) in [6.07, 6.45) is 6.70. The molecule has 2 aromatic heterocycles. The number of thioether (sulfide) groups is 1. The third-order valence-corrected chi connectivity index (χ3v) is 13.2. The average Bonchev–Trinajstić information content (AvgIpc) is 3.85. The molecule has 0 bridgehead atoms. The second-order valence-corrected chi connectivity index (χ2v) is 17.5. The molecule has 3 aromatic carbocycles. The van der Waals surface area contributed by atoms with E-state index in [4.69, 9.17) is 20.3 Å². The zero-order valence-corrected chi connectivity index (χ0v) is 36.9. The van der Waals surface area contributed by atoms with E-state index >= 15 is 0 Å². The summed E-state index contributed by atoms with van der Waals surface area (Å²) in [5, 5.41) is 7.89. The number of nitrogens with one attached hydrogen (secondary N) is 1. The van der Waals surface area contributed by atoms with E-state index in [1.54, 1.807) is 29.2 Å². The summed E-state index contributed by atoms with van der Waals surface area (Å²) in [5.74, 6) is -0.216. The maximum atomic E-state index is 13.5. The number of para-hydroxylation sites is 1. The number of piperazine rings is 1. The number of fused-ring (bicyclic) bond motifs is 2. The van der Waals surface area contributed by atoms with Gasteiger partial charge in [0.15, 0.2) is 5.65 Å². The highest BCUT2D eigenvalue weighted by Gasteiger charge is 2.45. The molecule has 3 N–H and O–H groups in total. The lowest BCUT2D eigenvalue weighted by atomic mass is 10.0. The van der Waals surface area contributed by atoms with Gasteiger partial charge < -0.3 is 25.0 Å². The number of hydrogen-bond acceptors (Lipinski definition) is 14. The fourth-order valence-electron chi connectivity index (χ4n) is 8.77. The summed E-state index contributed by atoms with van der Waals surface area (Å²) in [7, 11) is 0. The molecule has 66 heavy (non-hydrogen) atoms. The quantitative estimate of drug-likeness (QED) is 0.0699. The Morgan fingerprint density at radius 2 is 1.65 bits per heavy atom. The number of aromatic nitrogens is 4. The number of anilines is 1. The number of carbonyl (C=O) groups is 6. The first-order valence-corrected chi connectivity index (χ1v) is 22.9. The molecule has 0 aliphatic carbocycles. The van der Waals surface area contributed by atoms with Crippen LogP contribution in [-0.2, 0) is 23.9 Å². The van der Waals surface area contributed by atoms with Crippen molar-refractivity contribution in [3.63, 3.8) is 0 Å². The van der Waals surface area contributed by atoms with Crippen LogP contribution in [0.5, 0.6) is 11.5 Å². The summed E-state index contributed by atoms with van der Waals surface area (Å²) in [4.78, 5) is 93.2. The van der Waals surface area contributed by atoms with E-state index in [1.165, 1.54) is 18.1 Å². The average molecular weight is 913 g/mol. The fraction of sp³-hybridized carbons (Fsp3) is 0.340. The molecular formula is C47H48N10O8S. The fourth-order valence-corrected chi connectivity index (χ4v) is 9.70. The van der Waals surface area contributed by atoms with Crippen LogP contribution in [0.2, 0.25) is 0 Å². The van der Waals surface area contributed by atoms with Crippen LogP contribution in [0.1, 0.15) is 52.4 Å². The third kappa shape index (κ3) is 9.40. The van der Waals surface area contributed by atoms with Gasteiger partial charge >= 0.3 is 0 Å². The van der Waals surface area contributed by atoms with Gasteiger partial charge in [0, 0.05) is 74.5 Å². The molecule has 4 aliphatic heterocycles. The van der Waals surface area contributed by atoms with Gasteiger partial charge in [-0.05, 0) is 67.8 Å². The van der Waals surface area contributed by atoms with Crippen LogP contribution >= 0.6 is 11.8 Å². The molecule has 2 atom stereocenters. The molecule has 340 valence electrons. The molecule has 6 amide bonds. The van der Waals surface area contributed by atoms with Gasteiger partial charge in [-0.3, -0.25) is 43.9 Å². The number of piperidine rings is 2. The van der Waals surface area contributed by atoms with Crippen molar-refractivity contribution >= 4 is 64.1 Å². The number of imide groups is 2. The van der Waals surface area contributed by atoms with Gasteiger partial charge in [-0.25, -0.2) is 14.6 Å². The predicted octanol–water partition coefficient (Wildman–Crippen LogP) is 3.94. The Hall–Kier alpha value is -6.96. The second-order valence-electron chi connectivity index (χ2n) is 16.4. The van der Waals surface area contributed by atoms with Crippen molar-refractivity contribution < 1.29 is 38.2 Å². The molecule has 3 fully saturated rings. The van der Waals surface area contributed by atoms with Crippen molar-refractivity contribution in [2.24, 2.45) is 0 Å². The zero-order valence-electron chi connectivity index (χ0n) is 36.0. The van der Waals surface area contributed by atoms with Crippen LogP contribution in [0.3, 0.4) is 0 Å². The predicted molar refractivity (Wildman–Crippen MR) is 243 cm³/mol. The van der Waals surface area contributed by atoms with Gasteiger partial charge in [-0.15, -0.1) is 11.8 Å². The lowest BCUT2D eigenvalue weighted by Gasteiger charge is -2.34. The summed E-state index contributed by atoms with van der Waals surface area (Å²) in [5.41, 5.74) is 8.98. The second kappa shape index (κ2) is 19.6. The van der Waals surface area contributed by atoms with Crippen molar-refractivity contribution in [1.29, 1.82) is 0 Å². The molecular weight excluding hydrogens is 865 g/mol. The SMILES string of the molecule is Nc1ncnc2c1c(-c1ccc(Oc3ccccc3)cc1)nn2[C@@H]1CCCN(C(=O)/C=C/CN2CCN(C(=O)COCCSc3cccc4c3C(=O)N(C3CCC(=O)NC3=O)C4=O)CC2)C1. The van der Waals surface area contributed by atoms with Gasteiger partial charge in [0.2, 0.25) is 23.6 Å². The van der Waals surface area contributed by atoms with Gasteiger partial charge in [0.05, 0.1) is 29.2 Å². The number of amides is 6. The van der Waals surface area contributed by atoms with Crippen LogP contribution in [0, 0.1) is 0 Å². The number of hydrogen-bond donors (Lipinski definition) is 2. The molecule has 0 radical (unpaired) electrons. The van der Waals surface area contributed by atoms with E-state index in [2.05, 4.69) is 20.2 Å². The largest absolute Gasteiger partial charge is 0.457 e. The number of nitrogen functional groups attached to an aromatic ring is 1. The smallest absolute Gasteiger partial charge is 0.263 e. The monoisotopic (exact) mass is 912 g/mol. The number of carbonyl (C=O) groups excluding carboxylic acids is 6. The van der Waals surface area contributed by atoms with Crippen LogP contribution < -0.4 is 15.8 Å². The molecule has 19 heteroatoms. The number of likely N-dealkylation sites (tertiary alicyclic amines) is 1. The Balaban J connectivity index is 0.716. The molecule has 5 aromatic rings. The molecule has 4 aliphatic rings. The Morgan fingerprint density at radius 1 is 0.864 bits per heavy atom. The molecule has 0 spiro atoms. The number of benzene rings is 3. The maximum Gasteiger partial charge on any atom is 0.263 e. The summed E-state index contributed by atoms with van der Waals surface area (Å²) in [6.45, 7) is 4.17. The number of rotatable bonds is 14. The maximum absolute atomic E-state index is 13.5. The van der Waals surface area contributed by atoms with Gasteiger partial charge in [0.25, 0.3) is 11.8 Å². The van der Waals surface area contributed by atoms with Crippen molar-refractivity contribution in [2.45, 2.75) is 42.7 Å². The molecule has 3 saturated heterocycles. The first kappa shape index (κ1) is 44.3. The van der Waals surface area contributed by atoms with Gasteiger partial charge in [0.1, 0.15) is 42.0 Å². The first-order valence-electron chi connectivity index (χ1n) is 22.0. The molecule has 9 rings (SSSR count). The minimum atomic E-state index is -1.04. The Morgan fingerprint density at radius 3 is 2.44 bits per heavy atom.